The van der Waals surface area contributed by atoms with Crippen molar-refractivity contribution < 1.29 is 17.5 Å². The summed E-state index contributed by atoms with van der Waals surface area (Å²) in [5, 5.41) is -0.563. The van der Waals surface area contributed by atoms with E-state index >= 15 is 0 Å². The molecule has 2 unspecified atom stereocenters. The van der Waals surface area contributed by atoms with Gasteiger partial charge < -0.3 is 4.74 Å². The minimum absolute atomic E-state index is 0.161. The molecule has 0 bridgehead atoms. The quantitative estimate of drug-likeness (QED) is 0.891. The third-order valence-electron chi connectivity index (χ3n) is 3.04. The molecular weight excluding hydrogens is 259 g/mol. The van der Waals surface area contributed by atoms with Crippen molar-refractivity contribution in [1.29, 1.82) is 0 Å². The van der Waals surface area contributed by atoms with Crippen LogP contribution < -0.4 is 4.72 Å². The Morgan fingerprint density at radius 2 is 2.28 bits per heavy atom. The summed E-state index contributed by atoms with van der Waals surface area (Å²) in [6.07, 6.45) is 3.46. The predicted molar refractivity (Wildman–Crippen MR) is 63.0 cm³/mol. The molecule has 1 fully saturated rings. The first-order chi connectivity index (χ1) is 8.54. The van der Waals surface area contributed by atoms with Crippen LogP contribution in [0, 0.1) is 5.82 Å². The molecule has 1 aliphatic rings. The van der Waals surface area contributed by atoms with Crippen molar-refractivity contribution in [2.24, 2.45) is 0 Å². The lowest BCUT2D eigenvalue weighted by Crippen LogP contribution is -2.41. The van der Waals surface area contributed by atoms with Crippen LogP contribution in [0.5, 0.6) is 0 Å². The van der Waals surface area contributed by atoms with Crippen LogP contribution in [0.4, 0.5) is 4.39 Å². The van der Waals surface area contributed by atoms with E-state index < -0.39 is 20.9 Å². The highest BCUT2D eigenvalue weighted by Crippen LogP contribution is 2.23. The van der Waals surface area contributed by atoms with Crippen molar-refractivity contribution >= 4 is 10.0 Å². The first-order valence-corrected chi connectivity index (χ1v) is 7.18. The molecule has 5 nitrogen and oxygen atoms in total. The van der Waals surface area contributed by atoms with Crippen LogP contribution in [0.15, 0.2) is 23.4 Å². The predicted octanol–water partition coefficient (Wildman–Crippen LogP) is 1.07. The molecule has 1 aliphatic carbocycles. The fourth-order valence-electron chi connectivity index (χ4n) is 2.17. The molecule has 1 N–H and O–H groups in total. The molecule has 100 valence electrons. The summed E-state index contributed by atoms with van der Waals surface area (Å²) >= 11 is 0. The third kappa shape index (κ3) is 2.68. The summed E-state index contributed by atoms with van der Waals surface area (Å²) in [6, 6.07) is 2.10. The molecule has 1 aromatic rings. The molecule has 0 aliphatic heterocycles. The number of nitrogens with one attached hydrogen (secondary N) is 1. The van der Waals surface area contributed by atoms with Crippen LogP contribution in [0.1, 0.15) is 19.3 Å². The van der Waals surface area contributed by atoms with E-state index in [9.17, 15) is 12.8 Å². The maximum atomic E-state index is 13.4. The molecule has 0 amide bonds. The van der Waals surface area contributed by atoms with Crippen LogP contribution >= 0.6 is 0 Å². The van der Waals surface area contributed by atoms with Gasteiger partial charge in [-0.3, -0.25) is 0 Å². The largest absolute Gasteiger partial charge is 0.380 e. The lowest BCUT2D eigenvalue weighted by molar-refractivity contribution is 0.0916. The Bertz CT molecular complexity index is 521. The molecule has 2 atom stereocenters. The zero-order chi connectivity index (χ0) is 13.2. The van der Waals surface area contributed by atoms with Crippen molar-refractivity contribution in [2.75, 3.05) is 7.11 Å². The van der Waals surface area contributed by atoms with Crippen molar-refractivity contribution in [2.45, 2.75) is 36.4 Å². The molecule has 0 saturated heterocycles. The normalized spacial score (nSPS) is 24.3. The molecule has 1 aromatic heterocycles. The molecule has 0 radical (unpaired) electrons. The Kier molecular flexibility index (Phi) is 3.94. The third-order valence-corrected chi connectivity index (χ3v) is 4.46. The molecule has 0 aromatic carbocycles. The molecule has 18 heavy (non-hydrogen) atoms. The van der Waals surface area contributed by atoms with Gasteiger partial charge >= 0.3 is 0 Å². The average molecular weight is 274 g/mol. The zero-order valence-corrected chi connectivity index (χ0v) is 10.8. The Morgan fingerprint density at radius 3 is 2.94 bits per heavy atom. The number of sulfonamides is 1. The van der Waals surface area contributed by atoms with Crippen molar-refractivity contribution in [3.63, 3.8) is 0 Å². The Balaban J connectivity index is 2.20. The average Bonchev–Trinajstić information content (AvgIpc) is 2.76. The number of aromatic nitrogens is 1. The summed E-state index contributed by atoms with van der Waals surface area (Å²) in [5.74, 6) is -0.850. The van der Waals surface area contributed by atoms with E-state index in [1.165, 1.54) is 12.3 Å². The first kappa shape index (κ1) is 13.4. The molecule has 0 spiro atoms. The monoisotopic (exact) mass is 274 g/mol. The van der Waals surface area contributed by atoms with Gasteiger partial charge in [-0.05, 0) is 31.4 Å². The van der Waals surface area contributed by atoms with Gasteiger partial charge in [-0.2, -0.15) is 0 Å². The SMILES string of the molecule is COC1CCCC1NS(=O)(=O)c1ncccc1F. The van der Waals surface area contributed by atoms with E-state index in [1.807, 2.05) is 0 Å². The minimum Gasteiger partial charge on any atom is -0.380 e. The van der Waals surface area contributed by atoms with E-state index in [0.717, 1.165) is 18.9 Å². The zero-order valence-electron chi connectivity index (χ0n) is 9.97. The van der Waals surface area contributed by atoms with Crippen LogP contribution in [-0.2, 0) is 14.8 Å². The van der Waals surface area contributed by atoms with E-state index in [2.05, 4.69) is 9.71 Å². The van der Waals surface area contributed by atoms with E-state index in [0.29, 0.717) is 6.42 Å². The van der Waals surface area contributed by atoms with E-state index in [1.54, 1.807) is 7.11 Å². The van der Waals surface area contributed by atoms with Crippen LogP contribution in [0.25, 0.3) is 0 Å². The van der Waals surface area contributed by atoms with Gasteiger partial charge in [0.25, 0.3) is 10.0 Å². The van der Waals surface area contributed by atoms with Crippen molar-refractivity contribution in [1.82, 2.24) is 9.71 Å². The van der Waals surface area contributed by atoms with Crippen LogP contribution in [0.3, 0.4) is 0 Å². The van der Waals surface area contributed by atoms with Gasteiger partial charge in [0.05, 0.1) is 6.10 Å². The number of ether oxygens (including phenoxy) is 1. The van der Waals surface area contributed by atoms with Gasteiger partial charge in [-0.25, -0.2) is 22.5 Å². The summed E-state index contributed by atoms with van der Waals surface area (Å²) < 4.78 is 45.1. The second-order valence-corrected chi connectivity index (χ2v) is 5.85. The molecule has 1 heterocycles. The molecule has 2 rings (SSSR count). The maximum Gasteiger partial charge on any atom is 0.261 e. The second kappa shape index (κ2) is 5.29. The lowest BCUT2D eigenvalue weighted by Gasteiger charge is -2.19. The number of pyridine rings is 1. The maximum absolute atomic E-state index is 13.4. The Morgan fingerprint density at radius 1 is 1.50 bits per heavy atom. The van der Waals surface area contributed by atoms with E-state index in [4.69, 9.17) is 4.74 Å². The second-order valence-electron chi connectivity index (χ2n) is 4.22. The first-order valence-electron chi connectivity index (χ1n) is 5.70. The molecule has 7 heteroatoms. The van der Waals surface area contributed by atoms with Crippen molar-refractivity contribution in [3.05, 3.63) is 24.1 Å². The Hall–Kier alpha value is -1.05. The minimum atomic E-state index is -3.93. The summed E-state index contributed by atoms with van der Waals surface area (Å²) in [4.78, 5) is 3.58. The highest BCUT2D eigenvalue weighted by atomic mass is 32.2. The lowest BCUT2D eigenvalue weighted by atomic mass is 10.2. The van der Waals surface area contributed by atoms with E-state index in [-0.39, 0.29) is 12.1 Å². The van der Waals surface area contributed by atoms with Gasteiger partial charge in [0.1, 0.15) is 0 Å². The highest BCUT2D eigenvalue weighted by Gasteiger charge is 2.32. The number of hydrogen-bond acceptors (Lipinski definition) is 4. The topological polar surface area (TPSA) is 68.3 Å². The van der Waals surface area contributed by atoms with Gasteiger partial charge in [0.2, 0.25) is 5.03 Å². The fourth-order valence-corrected chi connectivity index (χ4v) is 3.47. The molecular formula is C11H15FN2O3S. The molecule has 1 saturated carbocycles. The van der Waals surface area contributed by atoms with Crippen molar-refractivity contribution in [3.8, 4) is 0 Å². The smallest absolute Gasteiger partial charge is 0.261 e. The number of halogens is 1. The Labute approximate surface area is 105 Å². The van der Waals surface area contributed by atoms with Gasteiger partial charge in [-0.15, -0.1) is 0 Å². The summed E-state index contributed by atoms with van der Waals surface area (Å²) in [7, 11) is -2.39. The van der Waals surface area contributed by atoms with Gasteiger partial charge in [0.15, 0.2) is 5.82 Å². The number of methoxy groups -OCH3 is 1. The number of rotatable bonds is 4. The van der Waals surface area contributed by atoms with Crippen LogP contribution in [0.2, 0.25) is 0 Å². The van der Waals surface area contributed by atoms with Gasteiger partial charge in [-0.1, -0.05) is 0 Å². The summed E-state index contributed by atoms with van der Waals surface area (Å²) in [5.41, 5.74) is 0. The number of hydrogen-bond donors (Lipinski definition) is 1. The highest BCUT2D eigenvalue weighted by molar-refractivity contribution is 7.89. The van der Waals surface area contributed by atoms with Gasteiger partial charge in [0, 0.05) is 19.3 Å². The van der Waals surface area contributed by atoms with Crippen LogP contribution in [-0.4, -0.2) is 32.7 Å². The number of nitrogens with zero attached hydrogens (tertiary/aromatic N) is 1. The fraction of sp³-hybridized carbons (Fsp3) is 0.545. The summed E-state index contributed by atoms with van der Waals surface area (Å²) in [6.45, 7) is 0. The standard InChI is InChI=1S/C11H15FN2O3S/c1-17-10-6-2-5-9(10)14-18(15,16)11-8(12)4-3-7-13-11/h3-4,7,9-10,14H,2,5-6H2,1H3.